The number of Topliss-reactive ketones (excluding diaryl/α,β-unsaturated/α-hetero) is 1. The van der Waals surface area contributed by atoms with Crippen molar-refractivity contribution in [3.63, 3.8) is 0 Å². The number of hydrogen-bond acceptors (Lipinski definition) is 4. The van der Waals surface area contributed by atoms with Crippen molar-refractivity contribution in [3.05, 3.63) is 34.3 Å². The number of carbonyl (C=O) groups is 2. The molecule has 0 amide bonds. The van der Waals surface area contributed by atoms with E-state index in [4.69, 9.17) is 5.73 Å². The highest BCUT2D eigenvalue weighted by Gasteiger charge is 2.18. The van der Waals surface area contributed by atoms with Crippen LogP contribution in [-0.4, -0.2) is 24.9 Å². The van der Waals surface area contributed by atoms with Crippen LogP contribution in [0.3, 0.4) is 0 Å². The van der Waals surface area contributed by atoms with Gasteiger partial charge in [-0.15, -0.1) is 0 Å². The molecule has 86 valence electrons. The number of hydrogen-bond donors (Lipinski definition) is 1. The second kappa shape index (κ2) is 5.77. The highest BCUT2D eigenvalue weighted by molar-refractivity contribution is 9.10. The van der Waals surface area contributed by atoms with Crippen LogP contribution < -0.4 is 5.73 Å². The van der Waals surface area contributed by atoms with Crippen LogP contribution in [0.2, 0.25) is 0 Å². The van der Waals surface area contributed by atoms with Crippen LogP contribution in [0.5, 0.6) is 0 Å². The van der Waals surface area contributed by atoms with E-state index < -0.39 is 12.0 Å². The molecule has 0 aliphatic rings. The Morgan fingerprint density at radius 3 is 2.75 bits per heavy atom. The molecule has 0 saturated heterocycles. The van der Waals surface area contributed by atoms with Crippen molar-refractivity contribution in [1.82, 2.24) is 0 Å². The maximum absolute atomic E-state index is 11.7. The molecule has 0 aromatic heterocycles. The van der Waals surface area contributed by atoms with Gasteiger partial charge in [0.05, 0.1) is 7.11 Å². The van der Waals surface area contributed by atoms with Crippen molar-refractivity contribution in [1.29, 1.82) is 0 Å². The molecule has 5 heteroatoms. The zero-order valence-electron chi connectivity index (χ0n) is 8.77. The van der Waals surface area contributed by atoms with Gasteiger partial charge in [-0.3, -0.25) is 9.59 Å². The molecule has 1 rings (SSSR count). The Labute approximate surface area is 102 Å². The molecule has 0 spiro atoms. The van der Waals surface area contributed by atoms with Crippen molar-refractivity contribution in [2.24, 2.45) is 5.73 Å². The number of carbonyl (C=O) groups excluding carboxylic acids is 2. The van der Waals surface area contributed by atoms with Crippen LogP contribution in [0.1, 0.15) is 16.8 Å². The molecule has 1 atom stereocenters. The molecule has 16 heavy (non-hydrogen) atoms. The number of methoxy groups -OCH3 is 1. The van der Waals surface area contributed by atoms with Gasteiger partial charge < -0.3 is 10.5 Å². The summed E-state index contributed by atoms with van der Waals surface area (Å²) < 4.78 is 5.26. The van der Waals surface area contributed by atoms with Crippen LogP contribution in [0, 0.1) is 0 Å². The first-order valence-electron chi connectivity index (χ1n) is 4.66. The van der Waals surface area contributed by atoms with E-state index in [1.807, 2.05) is 6.07 Å². The van der Waals surface area contributed by atoms with Gasteiger partial charge in [0, 0.05) is 16.5 Å². The predicted molar refractivity (Wildman–Crippen MR) is 63.1 cm³/mol. The number of benzene rings is 1. The second-order valence-electron chi connectivity index (χ2n) is 3.27. The van der Waals surface area contributed by atoms with Gasteiger partial charge in [-0.05, 0) is 12.1 Å². The van der Waals surface area contributed by atoms with Gasteiger partial charge in [-0.25, -0.2) is 0 Å². The van der Waals surface area contributed by atoms with Crippen molar-refractivity contribution in [2.75, 3.05) is 7.11 Å². The van der Waals surface area contributed by atoms with Crippen molar-refractivity contribution in [3.8, 4) is 0 Å². The highest BCUT2D eigenvalue weighted by atomic mass is 79.9. The number of rotatable bonds is 4. The van der Waals surface area contributed by atoms with Crippen LogP contribution in [-0.2, 0) is 9.53 Å². The van der Waals surface area contributed by atoms with E-state index in [1.54, 1.807) is 18.2 Å². The Balaban J connectivity index is 2.69. The Hall–Kier alpha value is -1.20. The molecule has 0 aliphatic heterocycles. The third-order valence-electron chi connectivity index (χ3n) is 2.06. The molecule has 2 N–H and O–H groups in total. The monoisotopic (exact) mass is 285 g/mol. The first kappa shape index (κ1) is 12.9. The van der Waals surface area contributed by atoms with Gasteiger partial charge >= 0.3 is 5.97 Å². The second-order valence-corrected chi connectivity index (χ2v) is 4.18. The molecule has 0 fully saturated rings. The largest absolute Gasteiger partial charge is 0.468 e. The van der Waals surface area contributed by atoms with Crippen molar-refractivity contribution >= 4 is 27.7 Å². The topological polar surface area (TPSA) is 69.4 Å². The molecule has 0 heterocycles. The first-order chi connectivity index (χ1) is 7.54. The molecule has 1 unspecified atom stereocenters. The molecule has 1 aromatic rings. The minimum Gasteiger partial charge on any atom is -0.468 e. The number of halogens is 1. The fourth-order valence-corrected chi connectivity index (χ4v) is 1.61. The normalized spacial score (nSPS) is 11.9. The van der Waals surface area contributed by atoms with E-state index in [2.05, 4.69) is 20.7 Å². The summed E-state index contributed by atoms with van der Waals surface area (Å²) >= 11 is 3.26. The van der Waals surface area contributed by atoms with E-state index in [0.717, 1.165) is 4.47 Å². The summed E-state index contributed by atoms with van der Waals surface area (Å²) in [5.41, 5.74) is 6.02. The van der Waals surface area contributed by atoms with E-state index in [-0.39, 0.29) is 12.2 Å². The molecule has 4 nitrogen and oxygen atoms in total. The van der Waals surface area contributed by atoms with E-state index >= 15 is 0 Å². The summed E-state index contributed by atoms with van der Waals surface area (Å²) in [6.07, 6.45) is -0.0525. The van der Waals surface area contributed by atoms with E-state index in [0.29, 0.717) is 5.56 Å². The maximum Gasteiger partial charge on any atom is 0.323 e. The first-order valence-corrected chi connectivity index (χ1v) is 5.46. The molecular weight excluding hydrogens is 274 g/mol. The third-order valence-corrected chi connectivity index (χ3v) is 2.55. The lowest BCUT2D eigenvalue weighted by molar-refractivity contribution is -0.142. The molecular formula is C11H12BrNO3. The summed E-state index contributed by atoms with van der Waals surface area (Å²) in [7, 11) is 1.24. The van der Waals surface area contributed by atoms with Gasteiger partial charge in [0.15, 0.2) is 5.78 Å². The fraction of sp³-hybridized carbons (Fsp3) is 0.273. The number of ether oxygens (including phenoxy) is 1. The maximum atomic E-state index is 11.7. The fourth-order valence-electron chi connectivity index (χ4n) is 1.21. The zero-order valence-corrected chi connectivity index (χ0v) is 10.4. The number of nitrogens with two attached hydrogens (primary N) is 1. The Morgan fingerprint density at radius 2 is 2.19 bits per heavy atom. The van der Waals surface area contributed by atoms with Crippen LogP contribution in [0.25, 0.3) is 0 Å². The summed E-state index contributed by atoms with van der Waals surface area (Å²) in [5, 5.41) is 0. The predicted octanol–water partition coefficient (Wildman–Crippen LogP) is 1.52. The lowest BCUT2D eigenvalue weighted by Gasteiger charge is -2.08. The minimum absolute atomic E-state index is 0.0525. The molecule has 0 radical (unpaired) electrons. The van der Waals surface area contributed by atoms with Gasteiger partial charge in [-0.2, -0.15) is 0 Å². The minimum atomic E-state index is -0.906. The lowest BCUT2D eigenvalue weighted by atomic mass is 10.0. The molecule has 0 saturated carbocycles. The summed E-state index contributed by atoms with van der Waals surface area (Å²) in [5.74, 6) is -0.762. The average Bonchev–Trinajstić information content (AvgIpc) is 2.27. The van der Waals surface area contributed by atoms with Crippen LogP contribution >= 0.6 is 15.9 Å². The summed E-state index contributed by atoms with van der Waals surface area (Å²) in [6, 6.07) is 6.03. The number of esters is 1. The van der Waals surface area contributed by atoms with Crippen LogP contribution in [0.15, 0.2) is 28.7 Å². The molecule has 1 aromatic carbocycles. The molecule has 0 bridgehead atoms. The highest BCUT2D eigenvalue weighted by Crippen LogP contribution is 2.13. The van der Waals surface area contributed by atoms with Gasteiger partial charge in [0.2, 0.25) is 0 Å². The van der Waals surface area contributed by atoms with Gasteiger partial charge in [-0.1, -0.05) is 28.1 Å². The van der Waals surface area contributed by atoms with Gasteiger partial charge in [0.25, 0.3) is 0 Å². The summed E-state index contributed by atoms with van der Waals surface area (Å²) in [6.45, 7) is 0. The number of ketones is 1. The summed E-state index contributed by atoms with van der Waals surface area (Å²) in [4.78, 5) is 22.8. The quantitative estimate of drug-likeness (QED) is 0.673. The lowest BCUT2D eigenvalue weighted by Crippen LogP contribution is -2.33. The van der Waals surface area contributed by atoms with Crippen LogP contribution in [0.4, 0.5) is 0 Å². The molecule has 0 aliphatic carbocycles. The Morgan fingerprint density at radius 1 is 1.50 bits per heavy atom. The van der Waals surface area contributed by atoms with Gasteiger partial charge in [0.1, 0.15) is 6.04 Å². The smallest absolute Gasteiger partial charge is 0.323 e. The van der Waals surface area contributed by atoms with Crippen molar-refractivity contribution in [2.45, 2.75) is 12.5 Å². The zero-order chi connectivity index (χ0) is 12.1. The SMILES string of the molecule is COC(=O)C(N)CC(=O)c1cccc(Br)c1. The third kappa shape index (κ3) is 3.43. The van der Waals surface area contributed by atoms with Crippen molar-refractivity contribution < 1.29 is 14.3 Å². The Bertz CT molecular complexity index is 406. The van der Waals surface area contributed by atoms with E-state index in [1.165, 1.54) is 7.11 Å². The average molecular weight is 286 g/mol. The Kier molecular flexibility index (Phi) is 4.64. The standard InChI is InChI=1S/C11H12BrNO3/c1-16-11(15)9(13)6-10(14)7-3-2-4-8(12)5-7/h2-5,9H,6,13H2,1H3. The van der Waals surface area contributed by atoms with E-state index in [9.17, 15) is 9.59 Å².